The van der Waals surface area contributed by atoms with E-state index in [0.29, 0.717) is 11.3 Å². The van der Waals surface area contributed by atoms with Gasteiger partial charge in [-0.25, -0.2) is 16.8 Å². The van der Waals surface area contributed by atoms with Gasteiger partial charge in [0.25, 0.3) is 20.0 Å². The number of sulfonamides is 2. The van der Waals surface area contributed by atoms with E-state index in [1.807, 2.05) is 57.2 Å². The van der Waals surface area contributed by atoms with E-state index in [1.54, 1.807) is 19.1 Å². The molecule has 0 spiro atoms. The molecule has 3 rings (SSSR count). The lowest BCUT2D eigenvalue weighted by molar-refractivity contribution is 0.600. The predicted molar refractivity (Wildman–Crippen MR) is 131 cm³/mol. The van der Waals surface area contributed by atoms with Gasteiger partial charge in [-0.15, -0.1) is 0 Å². The van der Waals surface area contributed by atoms with E-state index in [0.717, 1.165) is 27.7 Å². The molecule has 0 aliphatic heterocycles. The Morgan fingerprint density at radius 3 is 1.97 bits per heavy atom. The molecule has 32 heavy (non-hydrogen) atoms. The Kier molecular flexibility index (Phi) is 6.76. The minimum absolute atomic E-state index is 0.0386. The maximum absolute atomic E-state index is 12.9. The van der Waals surface area contributed by atoms with Gasteiger partial charge < -0.3 is 0 Å². The van der Waals surface area contributed by atoms with Crippen molar-refractivity contribution in [2.45, 2.75) is 32.6 Å². The highest BCUT2D eigenvalue weighted by Gasteiger charge is 2.18. The van der Waals surface area contributed by atoms with Crippen molar-refractivity contribution in [2.75, 3.05) is 9.44 Å². The molecular formula is C24H26N2O4S2. The SMILES string of the molecule is Cc1ccc(/C=C/S(=O)(=O)Nc2cc(S(=O)(=O)Nc3ccc(C)cc3C)ccc2C)cc1. The van der Waals surface area contributed by atoms with Crippen LogP contribution in [0.3, 0.4) is 0 Å². The summed E-state index contributed by atoms with van der Waals surface area (Å²) in [6, 6.07) is 17.2. The number of benzene rings is 3. The summed E-state index contributed by atoms with van der Waals surface area (Å²) in [5.74, 6) is 0. The van der Waals surface area contributed by atoms with Crippen molar-refractivity contribution in [3.63, 3.8) is 0 Å². The third kappa shape index (κ3) is 5.99. The highest BCUT2D eigenvalue weighted by Crippen LogP contribution is 2.25. The van der Waals surface area contributed by atoms with Crippen LogP contribution in [0.1, 0.15) is 27.8 Å². The van der Waals surface area contributed by atoms with Crippen molar-refractivity contribution in [1.29, 1.82) is 0 Å². The van der Waals surface area contributed by atoms with Crippen molar-refractivity contribution < 1.29 is 16.8 Å². The van der Waals surface area contributed by atoms with Crippen LogP contribution in [0.15, 0.2) is 71.0 Å². The van der Waals surface area contributed by atoms with Crippen LogP contribution >= 0.6 is 0 Å². The summed E-state index contributed by atoms with van der Waals surface area (Å²) in [7, 11) is -7.75. The molecule has 0 atom stereocenters. The van der Waals surface area contributed by atoms with Crippen molar-refractivity contribution >= 4 is 37.5 Å². The maximum atomic E-state index is 12.9. The molecule has 8 heteroatoms. The van der Waals surface area contributed by atoms with Gasteiger partial charge in [-0.05, 0) is 68.7 Å². The fourth-order valence-corrected chi connectivity index (χ4v) is 5.13. The Morgan fingerprint density at radius 2 is 1.31 bits per heavy atom. The summed E-state index contributed by atoms with van der Waals surface area (Å²) in [4.78, 5) is -0.0386. The van der Waals surface area contributed by atoms with Crippen LogP contribution in [-0.2, 0) is 20.0 Å². The molecule has 0 unspecified atom stereocenters. The lowest BCUT2D eigenvalue weighted by Crippen LogP contribution is -2.15. The average molecular weight is 471 g/mol. The quantitative estimate of drug-likeness (QED) is 0.500. The Balaban J connectivity index is 1.85. The first kappa shape index (κ1) is 23.6. The Bertz CT molecular complexity index is 1380. The molecular weight excluding hydrogens is 444 g/mol. The lowest BCUT2D eigenvalue weighted by atomic mass is 10.1. The number of aryl methyl sites for hydroxylation is 4. The van der Waals surface area contributed by atoms with Gasteiger partial charge in [-0.3, -0.25) is 9.44 Å². The zero-order valence-electron chi connectivity index (χ0n) is 18.4. The zero-order valence-corrected chi connectivity index (χ0v) is 20.0. The minimum Gasteiger partial charge on any atom is -0.280 e. The predicted octanol–water partition coefficient (Wildman–Crippen LogP) is 5.13. The van der Waals surface area contributed by atoms with E-state index in [4.69, 9.17) is 0 Å². The third-order valence-electron chi connectivity index (χ3n) is 4.91. The Morgan fingerprint density at radius 1 is 0.656 bits per heavy atom. The highest BCUT2D eigenvalue weighted by molar-refractivity contribution is 7.95. The van der Waals surface area contributed by atoms with Gasteiger partial charge in [-0.1, -0.05) is 53.6 Å². The standard InChI is InChI=1S/C24H26N2O4S2/c1-17-5-9-21(10-6-17)13-14-31(27,28)25-24-16-22(11-8-19(24)3)32(29,30)26-23-12-7-18(2)15-20(23)4/h5-16,25-26H,1-4H3/b14-13+. The Hall–Kier alpha value is -3.10. The van der Waals surface area contributed by atoms with Gasteiger partial charge in [0, 0.05) is 0 Å². The summed E-state index contributed by atoms with van der Waals surface area (Å²) in [6.45, 7) is 7.40. The van der Waals surface area contributed by atoms with Crippen molar-refractivity contribution in [3.8, 4) is 0 Å². The monoisotopic (exact) mass is 470 g/mol. The van der Waals surface area contributed by atoms with E-state index in [1.165, 1.54) is 18.2 Å². The fraction of sp³-hybridized carbons (Fsp3) is 0.167. The van der Waals surface area contributed by atoms with Gasteiger partial charge >= 0.3 is 0 Å². The van der Waals surface area contributed by atoms with Gasteiger partial charge in [0.05, 0.1) is 21.7 Å². The largest absolute Gasteiger partial charge is 0.280 e. The number of nitrogens with one attached hydrogen (secondary N) is 2. The van der Waals surface area contributed by atoms with Crippen LogP contribution in [0.4, 0.5) is 11.4 Å². The first-order valence-electron chi connectivity index (χ1n) is 9.93. The third-order valence-corrected chi connectivity index (χ3v) is 7.28. The van der Waals surface area contributed by atoms with Crippen molar-refractivity contribution in [2.24, 2.45) is 0 Å². The number of anilines is 2. The molecule has 0 saturated carbocycles. The van der Waals surface area contributed by atoms with E-state index in [-0.39, 0.29) is 10.6 Å². The molecule has 2 N–H and O–H groups in total. The van der Waals surface area contributed by atoms with Crippen molar-refractivity contribution in [1.82, 2.24) is 0 Å². The van der Waals surface area contributed by atoms with Gasteiger partial charge in [0.1, 0.15) is 0 Å². The molecule has 0 heterocycles. The number of hydrogen-bond donors (Lipinski definition) is 2. The van der Waals surface area contributed by atoms with Crippen LogP contribution in [0.5, 0.6) is 0 Å². The van der Waals surface area contributed by atoms with E-state index < -0.39 is 20.0 Å². The second-order valence-electron chi connectivity index (χ2n) is 7.76. The van der Waals surface area contributed by atoms with Crippen LogP contribution < -0.4 is 9.44 Å². The zero-order chi connectivity index (χ0) is 23.5. The van der Waals surface area contributed by atoms with Gasteiger partial charge in [0.15, 0.2) is 0 Å². The molecule has 0 amide bonds. The molecule has 3 aromatic carbocycles. The first-order chi connectivity index (χ1) is 14.9. The fourth-order valence-electron chi connectivity index (χ4n) is 3.04. The van der Waals surface area contributed by atoms with Gasteiger partial charge in [-0.2, -0.15) is 0 Å². The lowest BCUT2D eigenvalue weighted by Gasteiger charge is -2.14. The number of hydrogen-bond acceptors (Lipinski definition) is 4. The second kappa shape index (κ2) is 9.18. The topological polar surface area (TPSA) is 92.3 Å². The smallest absolute Gasteiger partial charge is 0.261 e. The molecule has 3 aromatic rings. The summed E-state index contributed by atoms with van der Waals surface area (Å²) in [5.41, 5.74) is 4.90. The van der Waals surface area contributed by atoms with Crippen LogP contribution in [0, 0.1) is 27.7 Å². The van der Waals surface area contributed by atoms with Gasteiger partial charge in [0.2, 0.25) is 0 Å². The molecule has 0 radical (unpaired) electrons. The molecule has 0 aliphatic rings. The summed E-state index contributed by atoms with van der Waals surface area (Å²) >= 11 is 0. The van der Waals surface area contributed by atoms with Crippen molar-refractivity contribution in [3.05, 3.63) is 93.9 Å². The molecule has 6 nitrogen and oxygen atoms in total. The minimum atomic E-state index is -3.91. The normalized spacial score (nSPS) is 12.1. The van der Waals surface area contributed by atoms with E-state index in [9.17, 15) is 16.8 Å². The Labute approximate surface area is 190 Å². The van der Waals surface area contributed by atoms with Crippen LogP contribution in [-0.4, -0.2) is 16.8 Å². The molecule has 0 aromatic heterocycles. The molecule has 0 aliphatic carbocycles. The van der Waals surface area contributed by atoms with Crippen LogP contribution in [0.25, 0.3) is 6.08 Å². The van der Waals surface area contributed by atoms with E-state index in [2.05, 4.69) is 9.44 Å². The summed E-state index contributed by atoms with van der Waals surface area (Å²) in [6.07, 6.45) is 1.49. The molecule has 0 saturated heterocycles. The van der Waals surface area contributed by atoms with E-state index >= 15 is 0 Å². The summed E-state index contributed by atoms with van der Waals surface area (Å²) < 4.78 is 56.0. The highest BCUT2D eigenvalue weighted by atomic mass is 32.2. The first-order valence-corrected chi connectivity index (χ1v) is 13.0. The molecule has 0 fully saturated rings. The van der Waals surface area contributed by atoms with Crippen LogP contribution in [0.2, 0.25) is 0 Å². The maximum Gasteiger partial charge on any atom is 0.261 e. The summed E-state index contributed by atoms with van der Waals surface area (Å²) in [5, 5.41) is 1.06. The average Bonchev–Trinajstić information content (AvgIpc) is 2.71. The molecule has 0 bridgehead atoms. The number of rotatable bonds is 7. The second-order valence-corrected chi connectivity index (χ2v) is 11.0. The molecule has 168 valence electrons.